The third-order valence-corrected chi connectivity index (χ3v) is 7.22. The van der Waals surface area contributed by atoms with Crippen molar-refractivity contribution in [3.05, 3.63) is 0 Å². The van der Waals surface area contributed by atoms with Crippen molar-refractivity contribution in [1.82, 2.24) is 0 Å². The lowest BCUT2D eigenvalue weighted by Crippen LogP contribution is -2.74. The van der Waals surface area contributed by atoms with Gasteiger partial charge in [0.25, 0.3) is 5.79 Å². The van der Waals surface area contributed by atoms with Gasteiger partial charge >= 0.3 is 5.97 Å². The van der Waals surface area contributed by atoms with Crippen LogP contribution in [0, 0.1) is 0 Å². The zero-order valence-corrected chi connectivity index (χ0v) is 20.8. The van der Waals surface area contributed by atoms with E-state index >= 15 is 0 Å². The number of ether oxygens (including phenoxy) is 5. The van der Waals surface area contributed by atoms with E-state index in [0.29, 0.717) is 0 Å². The number of rotatable bonds is 9. The Hall–Kier alpha value is -1.17. The van der Waals surface area contributed by atoms with Gasteiger partial charge in [-0.05, 0) is 6.92 Å². The fourth-order valence-electron chi connectivity index (χ4n) is 4.85. The summed E-state index contributed by atoms with van der Waals surface area (Å²) in [5, 5.41) is 112. The van der Waals surface area contributed by atoms with E-state index in [1.54, 1.807) is 0 Å². The molecule has 13 N–H and O–H groups in total. The lowest BCUT2D eigenvalue weighted by atomic mass is 9.87. The molecular weight excluding hydrogens is 538 g/mol. The monoisotopic (exact) mass is 575 g/mol. The molecular formula is C21H37NO17. The van der Waals surface area contributed by atoms with Crippen molar-refractivity contribution in [3.63, 3.8) is 0 Å². The van der Waals surface area contributed by atoms with Crippen molar-refractivity contribution in [2.24, 2.45) is 5.73 Å². The lowest BCUT2D eigenvalue weighted by molar-refractivity contribution is -0.424. The average molecular weight is 576 g/mol. The van der Waals surface area contributed by atoms with Crippen LogP contribution in [0.25, 0.3) is 0 Å². The van der Waals surface area contributed by atoms with Gasteiger partial charge in [0.05, 0.1) is 38.1 Å². The van der Waals surface area contributed by atoms with E-state index in [-0.39, 0.29) is 0 Å². The molecule has 228 valence electrons. The summed E-state index contributed by atoms with van der Waals surface area (Å²) in [6, 6.07) is -1.83. The molecule has 39 heavy (non-hydrogen) atoms. The van der Waals surface area contributed by atoms with Gasteiger partial charge in [0, 0.05) is 6.42 Å². The third-order valence-electron chi connectivity index (χ3n) is 7.22. The number of carboxylic acid groups (broad SMARTS) is 1. The molecule has 0 saturated carbocycles. The number of carboxylic acids is 1. The maximum Gasteiger partial charge on any atom is 0.364 e. The van der Waals surface area contributed by atoms with Crippen LogP contribution in [0.5, 0.6) is 0 Å². The summed E-state index contributed by atoms with van der Waals surface area (Å²) in [6.07, 6.45) is -21.7. The largest absolute Gasteiger partial charge is 0.477 e. The van der Waals surface area contributed by atoms with Crippen molar-refractivity contribution in [1.29, 1.82) is 0 Å². The number of aliphatic carboxylic acids is 1. The predicted molar refractivity (Wildman–Crippen MR) is 119 cm³/mol. The predicted octanol–water partition coefficient (Wildman–Crippen LogP) is -7.37. The van der Waals surface area contributed by atoms with Crippen molar-refractivity contribution < 1.29 is 84.7 Å². The molecule has 15 atom stereocenters. The van der Waals surface area contributed by atoms with Gasteiger partial charge in [0.2, 0.25) is 5.79 Å². The summed E-state index contributed by atoms with van der Waals surface area (Å²) in [5.41, 5.74) is 5.68. The molecule has 3 heterocycles. The number of nitrogens with two attached hydrogens (primary N) is 1. The smallest absolute Gasteiger partial charge is 0.364 e. The first kappa shape index (κ1) is 32.3. The van der Waals surface area contributed by atoms with Crippen molar-refractivity contribution in [3.8, 4) is 0 Å². The molecule has 3 fully saturated rings. The fraction of sp³-hybridized carbons (Fsp3) is 0.952. The molecule has 3 aliphatic heterocycles. The first-order valence-corrected chi connectivity index (χ1v) is 12.1. The first-order valence-electron chi connectivity index (χ1n) is 12.1. The minimum absolute atomic E-state index is 0.701. The fourth-order valence-corrected chi connectivity index (χ4v) is 4.85. The molecule has 0 spiro atoms. The number of carbonyl (C=O) groups is 1. The molecule has 18 nitrogen and oxygen atoms in total. The highest BCUT2D eigenvalue weighted by molar-refractivity contribution is 5.76. The third kappa shape index (κ3) is 5.93. The van der Waals surface area contributed by atoms with E-state index in [9.17, 15) is 61.0 Å². The molecule has 3 saturated heterocycles. The van der Waals surface area contributed by atoms with E-state index in [0.717, 1.165) is 0 Å². The molecule has 18 heteroatoms. The van der Waals surface area contributed by atoms with Crippen LogP contribution < -0.4 is 5.73 Å². The van der Waals surface area contributed by atoms with Crippen LogP contribution in [0.4, 0.5) is 0 Å². The highest BCUT2D eigenvalue weighted by Gasteiger charge is 2.63. The second kappa shape index (κ2) is 12.4. The second-order valence-electron chi connectivity index (χ2n) is 9.84. The highest BCUT2D eigenvalue weighted by Crippen LogP contribution is 2.40. The zero-order valence-electron chi connectivity index (χ0n) is 20.8. The maximum atomic E-state index is 12.3. The number of hydrogen-bond acceptors (Lipinski definition) is 17. The summed E-state index contributed by atoms with van der Waals surface area (Å²) in [5.74, 6) is -8.18. The van der Waals surface area contributed by atoms with Crippen molar-refractivity contribution >= 4 is 5.97 Å². The average Bonchev–Trinajstić information content (AvgIpc) is 2.90. The SMILES string of the molecule is CC1OC(CO)[C@@H](OC2OC(CO)[C@H](O)[C@H](O[C@]3(C(=O)O)C[C@@H](O)[C@@H](N)C(O)(C(O)CO)O3)[C@@H]2O)[C@H](O)[C@@H]1O. The Morgan fingerprint density at radius 3 is 2.13 bits per heavy atom. The molecule has 0 aromatic heterocycles. The van der Waals surface area contributed by atoms with Crippen molar-refractivity contribution in [2.75, 3.05) is 19.8 Å². The van der Waals surface area contributed by atoms with Gasteiger partial charge < -0.3 is 85.6 Å². The summed E-state index contributed by atoms with van der Waals surface area (Å²) in [6.45, 7) is -1.39. The second-order valence-corrected chi connectivity index (χ2v) is 9.84. The van der Waals surface area contributed by atoms with Crippen LogP contribution in [-0.2, 0) is 28.5 Å². The summed E-state index contributed by atoms with van der Waals surface area (Å²) in [4.78, 5) is 12.3. The standard InChI is InChI=1S/C21H37NO17/c1-6-11(28)13(30)15(9(4-24)35-6)37-18-14(31)16(12(29)8(3-23)36-18)38-20(19(32)33)2-7(26)17(22)21(34,39-20)10(27)5-25/h6-18,23-31,34H,2-5,22H2,1H3,(H,32,33)/t6?,7-,8?,9?,10?,11-,12+,13-,14+,15-,16+,17-,18?,20-,21?/m1/s1. The summed E-state index contributed by atoms with van der Waals surface area (Å²) >= 11 is 0. The Bertz CT molecular complexity index is 836. The van der Waals surface area contributed by atoms with Crippen LogP contribution in [0.15, 0.2) is 0 Å². The van der Waals surface area contributed by atoms with Gasteiger partial charge in [0.15, 0.2) is 6.29 Å². The van der Waals surface area contributed by atoms with Crippen LogP contribution in [0.1, 0.15) is 13.3 Å². The van der Waals surface area contributed by atoms with E-state index in [2.05, 4.69) is 0 Å². The first-order chi connectivity index (χ1) is 18.2. The minimum atomic E-state index is -3.10. The van der Waals surface area contributed by atoms with Gasteiger partial charge in [-0.2, -0.15) is 0 Å². The van der Waals surface area contributed by atoms with Gasteiger partial charge in [-0.15, -0.1) is 0 Å². The Kier molecular flexibility index (Phi) is 10.3. The van der Waals surface area contributed by atoms with Crippen molar-refractivity contribution in [2.45, 2.75) is 104 Å². The van der Waals surface area contributed by atoms with E-state index in [1.165, 1.54) is 6.92 Å². The summed E-state index contributed by atoms with van der Waals surface area (Å²) in [7, 11) is 0. The Morgan fingerprint density at radius 2 is 1.59 bits per heavy atom. The number of aliphatic hydroxyl groups excluding tert-OH is 9. The molecule has 0 aliphatic carbocycles. The molecule has 3 aliphatic rings. The quantitative estimate of drug-likeness (QED) is 0.121. The molecule has 3 rings (SSSR count). The molecule has 6 unspecified atom stereocenters. The Morgan fingerprint density at radius 1 is 0.974 bits per heavy atom. The number of hydrogen-bond donors (Lipinski definition) is 12. The maximum absolute atomic E-state index is 12.3. The molecule has 0 radical (unpaired) electrons. The highest BCUT2D eigenvalue weighted by atomic mass is 16.8. The van der Waals surface area contributed by atoms with E-state index in [1.807, 2.05) is 0 Å². The Balaban J connectivity index is 1.93. The zero-order chi connectivity index (χ0) is 29.4. The van der Waals surface area contributed by atoms with Gasteiger partial charge in [-0.3, -0.25) is 0 Å². The molecule has 0 amide bonds. The minimum Gasteiger partial charge on any atom is -0.477 e. The van der Waals surface area contributed by atoms with Crippen LogP contribution >= 0.6 is 0 Å². The normalized spacial score (nSPS) is 49.9. The molecule has 0 aromatic carbocycles. The number of aliphatic hydroxyl groups is 10. The van der Waals surface area contributed by atoms with Crippen LogP contribution in [0.3, 0.4) is 0 Å². The topological polar surface area (TPSA) is 312 Å². The summed E-state index contributed by atoms with van der Waals surface area (Å²) < 4.78 is 26.9. The Labute approximate surface area is 221 Å². The van der Waals surface area contributed by atoms with Gasteiger partial charge in [-0.25, -0.2) is 4.79 Å². The van der Waals surface area contributed by atoms with E-state index in [4.69, 9.17) is 29.4 Å². The van der Waals surface area contributed by atoms with Crippen LogP contribution in [0.2, 0.25) is 0 Å². The lowest BCUT2D eigenvalue weighted by Gasteiger charge is -2.52. The van der Waals surface area contributed by atoms with Crippen LogP contribution in [-0.4, -0.2) is 173 Å². The van der Waals surface area contributed by atoms with E-state index < -0.39 is 123 Å². The molecule has 0 bridgehead atoms. The van der Waals surface area contributed by atoms with Gasteiger partial charge in [-0.1, -0.05) is 0 Å². The van der Waals surface area contributed by atoms with Gasteiger partial charge in [0.1, 0.15) is 54.9 Å². The molecule has 0 aromatic rings.